The summed E-state index contributed by atoms with van der Waals surface area (Å²) in [4.78, 5) is 44.4. The fraction of sp³-hybridized carbons (Fsp3) is 0.333. The molecule has 168 valence electrons. The SMILES string of the molecule is CN1C(=O)NC(CCC(=O)N2Cc3cc(Cl)c(C(F)(F)F)cc3C2)(c2ccccn2)C1=O. The molecule has 1 saturated heterocycles. The lowest BCUT2D eigenvalue weighted by Crippen LogP contribution is -2.45. The molecule has 0 radical (unpaired) electrons. The quantitative estimate of drug-likeness (QED) is 0.700. The molecule has 4 amide bonds. The highest BCUT2D eigenvalue weighted by molar-refractivity contribution is 6.31. The van der Waals surface area contributed by atoms with Gasteiger partial charge in [-0.2, -0.15) is 13.2 Å². The van der Waals surface area contributed by atoms with Crippen molar-refractivity contribution in [3.05, 3.63) is 63.9 Å². The monoisotopic (exact) mass is 466 g/mol. The molecular formula is C21H18ClF3N4O3. The highest BCUT2D eigenvalue weighted by atomic mass is 35.5. The Labute approximate surface area is 186 Å². The van der Waals surface area contributed by atoms with E-state index in [2.05, 4.69) is 10.3 Å². The van der Waals surface area contributed by atoms with Crippen molar-refractivity contribution in [1.29, 1.82) is 0 Å². The van der Waals surface area contributed by atoms with Crippen LogP contribution < -0.4 is 5.32 Å². The van der Waals surface area contributed by atoms with E-state index in [0.717, 1.165) is 11.0 Å². The first-order chi connectivity index (χ1) is 15.0. The van der Waals surface area contributed by atoms with Crippen molar-refractivity contribution < 1.29 is 27.6 Å². The highest BCUT2D eigenvalue weighted by Gasteiger charge is 2.52. The Hall–Kier alpha value is -3.14. The van der Waals surface area contributed by atoms with Crippen LogP contribution in [0.1, 0.15) is 35.2 Å². The third kappa shape index (κ3) is 3.68. The summed E-state index contributed by atoms with van der Waals surface area (Å²) in [6.45, 7) is 0.119. The van der Waals surface area contributed by atoms with Crippen molar-refractivity contribution >= 4 is 29.4 Å². The van der Waals surface area contributed by atoms with E-state index in [9.17, 15) is 27.6 Å². The van der Waals surface area contributed by atoms with Gasteiger partial charge in [-0.15, -0.1) is 0 Å². The molecule has 32 heavy (non-hydrogen) atoms. The van der Waals surface area contributed by atoms with Gasteiger partial charge in [0.15, 0.2) is 5.54 Å². The van der Waals surface area contributed by atoms with E-state index in [1.54, 1.807) is 18.2 Å². The van der Waals surface area contributed by atoms with Crippen LogP contribution in [-0.2, 0) is 34.4 Å². The number of hydrogen-bond acceptors (Lipinski definition) is 4. The Balaban J connectivity index is 1.52. The van der Waals surface area contributed by atoms with Crippen molar-refractivity contribution in [3.8, 4) is 0 Å². The van der Waals surface area contributed by atoms with E-state index < -0.39 is 34.2 Å². The van der Waals surface area contributed by atoms with Crippen LogP contribution in [0.15, 0.2) is 36.5 Å². The first-order valence-electron chi connectivity index (χ1n) is 9.71. The molecule has 2 aromatic rings. The van der Waals surface area contributed by atoms with Gasteiger partial charge in [0.2, 0.25) is 5.91 Å². The van der Waals surface area contributed by atoms with Gasteiger partial charge in [0.05, 0.1) is 16.3 Å². The molecule has 2 aliphatic rings. The number of alkyl halides is 3. The number of amides is 4. The largest absolute Gasteiger partial charge is 0.417 e. The van der Waals surface area contributed by atoms with E-state index in [1.807, 2.05) is 0 Å². The molecule has 11 heteroatoms. The lowest BCUT2D eigenvalue weighted by atomic mass is 9.88. The molecule has 1 aromatic carbocycles. The summed E-state index contributed by atoms with van der Waals surface area (Å²) < 4.78 is 39.4. The van der Waals surface area contributed by atoms with Gasteiger partial charge < -0.3 is 10.2 Å². The van der Waals surface area contributed by atoms with Crippen LogP contribution in [-0.4, -0.2) is 39.7 Å². The van der Waals surface area contributed by atoms with Crippen molar-refractivity contribution in [1.82, 2.24) is 20.1 Å². The molecule has 2 aliphatic heterocycles. The van der Waals surface area contributed by atoms with Crippen LogP contribution in [0.5, 0.6) is 0 Å². The summed E-state index contributed by atoms with van der Waals surface area (Å²) in [7, 11) is 1.34. The van der Waals surface area contributed by atoms with Crippen LogP contribution in [0.25, 0.3) is 0 Å². The fourth-order valence-electron chi connectivity index (χ4n) is 4.05. The van der Waals surface area contributed by atoms with Crippen molar-refractivity contribution in [2.24, 2.45) is 0 Å². The average Bonchev–Trinajstić information content (AvgIpc) is 3.26. The van der Waals surface area contributed by atoms with Crippen molar-refractivity contribution in [3.63, 3.8) is 0 Å². The first-order valence-corrected chi connectivity index (χ1v) is 10.1. The van der Waals surface area contributed by atoms with E-state index in [1.165, 1.54) is 24.2 Å². The third-order valence-electron chi connectivity index (χ3n) is 5.78. The van der Waals surface area contributed by atoms with Gasteiger partial charge in [0.1, 0.15) is 0 Å². The maximum Gasteiger partial charge on any atom is 0.417 e. The lowest BCUT2D eigenvalue weighted by Gasteiger charge is -2.26. The highest BCUT2D eigenvalue weighted by Crippen LogP contribution is 2.39. The van der Waals surface area contributed by atoms with E-state index >= 15 is 0 Å². The minimum absolute atomic E-state index is 0.00517. The first kappa shape index (κ1) is 22.1. The number of fused-ring (bicyclic) bond motifs is 1. The topological polar surface area (TPSA) is 82.6 Å². The summed E-state index contributed by atoms with van der Waals surface area (Å²) in [6.07, 6.45) is -3.27. The molecule has 1 fully saturated rings. The van der Waals surface area contributed by atoms with Crippen molar-refractivity contribution in [2.75, 3.05) is 7.05 Å². The molecule has 0 spiro atoms. The van der Waals surface area contributed by atoms with Gasteiger partial charge in [0, 0.05) is 32.8 Å². The zero-order valence-corrected chi connectivity index (χ0v) is 17.6. The molecule has 7 nitrogen and oxygen atoms in total. The number of carbonyl (C=O) groups is 3. The molecular weight excluding hydrogens is 449 g/mol. The number of nitrogens with zero attached hydrogens (tertiary/aromatic N) is 3. The number of benzene rings is 1. The lowest BCUT2D eigenvalue weighted by molar-refractivity contribution is -0.137. The minimum Gasteiger partial charge on any atom is -0.334 e. The Morgan fingerprint density at radius 2 is 1.91 bits per heavy atom. The number of aromatic nitrogens is 1. The molecule has 3 heterocycles. The smallest absolute Gasteiger partial charge is 0.334 e. The maximum atomic E-state index is 13.1. The predicted molar refractivity (Wildman–Crippen MR) is 107 cm³/mol. The molecule has 4 rings (SSSR count). The number of rotatable bonds is 4. The van der Waals surface area contributed by atoms with Gasteiger partial charge in [-0.25, -0.2) is 4.79 Å². The number of nitrogens with one attached hydrogen (secondary N) is 1. The summed E-state index contributed by atoms with van der Waals surface area (Å²) in [6, 6.07) is 6.52. The van der Waals surface area contributed by atoms with Gasteiger partial charge >= 0.3 is 12.2 Å². The van der Waals surface area contributed by atoms with E-state index in [0.29, 0.717) is 16.8 Å². The van der Waals surface area contributed by atoms with Crippen LogP contribution >= 0.6 is 11.6 Å². The number of carbonyl (C=O) groups excluding carboxylic acids is 3. The number of pyridine rings is 1. The fourth-order valence-corrected chi connectivity index (χ4v) is 4.35. The maximum absolute atomic E-state index is 13.1. The van der Waals surface area contributed by atoms with E-state index in [-0.39, 0.29) is 31.8 Å². The summed E-state index contributed by atoms with van der Waals surface area (Å²) in [5, 5.41) is 2.22. The molecule has 0 saturated carbocycles. The standard InChI is InChI=1S/C21H18ClF3N4O3/c1-28-18(31)20(27-19(28)32,16-4-2-3-7-26-16)6-5-17(30)29-10-12-8-14(21(23,24)25)15(22)9-13(12)11-29/h2-4,7-9H,5-6,10-11H2,1H3,(H,27,32). The van der Waals surface area contributed by atoms with Gasteiger partial charge in [-0.3, -0.25) is 19.5 Å². The Morgan fingerprint density at radius 3 is 2.47 bits per heavy atom. The Bertz CT molecular complexity index is 1110. The zero-order chi connectivity index (χ0) is 23.3. The van der Waals surface area contributed by atoms with Crippen LogP contribution in [0, 0.1) is 0 Å². The van der Waals surface area contributed by atoms with Gasteiger partial charge in [0.25, 0.3) is 5.91 Å². The normalized spacial score (nSPS) is 20.5. The number of imide groups is 1. The second-order valence-corrected chi connectivity index (χ2v) is 8.17. The second-order valence-electron chi connectivity index (χ2n) is 7.76. The number of hydrogen-bond donors (Lipinski definition) is 1. The summed E-state index contributed by atoms with van der Waals surface area (Å²) >= 11 is 5.78. The van der Waals surface area contributed by atoms with Gasteiger partial charge in [-0.05, 0) is 41.8 Å². The molecule has 0 aliphatic carbocycles. The van der Waals surface area contributed by atoms with Crippen LogP contribution in [0.2, 0.25) is 5.02 Å². The number of halogens is 4. The Kier molecular flexibility index (Phi) is 5.36. The zero-order valence-electron chi connectivity index (χ0n) is 16.9. The molecule has 1 unspecified atom stereocenters. The van der Waals surface area contributed by atoms with E-state index in [4.69, 9.17) is 11.6 Å². The number of likely N-dealkylation sites (N-methyl/N-ethyl adjacent to an activating group) is 1. The molecule has 0 bridgehead atoms. The second kappa shape index (κ2) is 7.77. The third-order valence-corrected chi connectivity index (χ3v) is 6.09. The van der Waals surface area contributed by atoms with Crippen LogP contribution in [0.4, 0.5) is 18.0 Å². The van der Waals surface area contributed by atoms with Crippen molar-refractivity contribution in [2.45, 2.75) is 37.6 Å². The molecule has 1 N–H and O–H groups in total. The molecule has 1 aromatic heterocycles. The number of urea groups is 1. The molecule has 1 atom stereocenters. The minimum atomic E-state index is -4.59. The average molecular weight is 467 g/mol. The van der Waals surface area contributed by atoms with Crippen LogP contribution in [0.3, 0.4) is 0 Å². The summed E-state index contributed by atoms with van der Waals surface area (Å²) in [5.41, 5.74) is -1.20. The predicted octanol–water partition coefficient (Wildman–Crippen LogP) is 3.45. The Morgan fingerprint density at radius 1 is 1.22 bits per heavy atom. The summed E-state index contributed by atoms with van der Waals surface area (Å²) in [5.74, 6) is -0.891. The van der Waals surface area contributed by atoms with Gasteiger partial charge in [-0.1, -0.05) is 17.7 Å².